The maximum Gasteiger partial charge on any atom is 0.0385 e. The van der Waals surface area contributed by atoms with Crippen LogP contribution in [0.25, 0.3) is 0 Å². The fourth-order valence-corrected chi connectivity index (χ4v) is 1.60. The summed E-state index contributed by atoms with van der Waals surface area (Å²) in [6.45, 7) is 2.25. The average Bonchev–Trinajstić information content (AvgIpc) is 2.63. The van der Waals surface area contributed by atoms with Crippen LogP contribution in [-0.2, 0) is 0 Å². The minimum atomic E-state index is 0.575. The first-order chi connectivity index (χ1) is 6.43. The van der Waals surface area contributed by atoms with Crippen LogP contribution in [0.1, 0.15) is 51.9 Å². The zero-order valence-corrected chi connectivity index (χ0v) is 8.68. The van der Waals surface area contributed by atoms with Crippen LogP contribution in [0, 0.1) is 17.8 Å². The Morgan fingerprint density at radius 1 is 1.31 bits per heavy atom. The van der Waals surface area contributed by atoms with Crippen LogP contribution >= 0.6 is 0 Å². The van der Waals surface area contributed by atoms with Gasteiger partial charge in [-0.15, -0.1) is 5.92 Å². The van der Waals surface area contributed by atoms with E-state index in [2.05, 4.69) is 30.9 Å². The Balaban J connectivity index is 2.00. The van der Waals surface area contributed by atoms with E-state index in [9.17, 15) is 0 Å². The van der Waals surface area contributed by atoms with E-state index >= 15 is 0 Å². The van der Waals surface area contributed by atoms with Gasteiger partial charge < -0.3 is 0 Å². The second-order valence-corrected chi connectivity index (χ2v) is 3.74. The minimum Gasteiger partial charge on any atom is -0.103 e. The van der Waals surface area contributed by atoms with Crippen LogP contribution < -0.4 is 0 Å². The van der Waals surface area contributed by atoms with Crippen molar-refractivity contribution in [1.29, 1.82) is 0 Å². The molecule has 0 fully saturated rings. The molecule has 1 rings (SSSR count). The molecule has 0 aromatic rings. The van der Waals surface area contributed by atoms with Gasteiger partial charge in [0, 0.05) is 12.3 Å². The number of rotatable bonds is 4. The molecule has 0 nitrogen and oxygen atoms in total. The molecule has 72 valence electrons. The molecule has 1 unspecified atom stereocenters. The number of hydrogen-bond donors (Lipinski definition) is 0. The molecule has 0 spiro atoms. The van der Waals surface area contributed by atoms with E-state index < -0.39 is 0 Å². The summed E-state index contributed by atoms with van der Waals surface area (Å²) in [5, 5.41) is 0. The Morgan fingerprint density at radius 2 is 2.23 bits per heavy atom. The van der Waals surface area contributed by atoms with Gasteiger partial charge in [-0.2, -0.15) is 0 Å². The van der Waals surface area contributed by atoms with Crippen molar-refractivity contribution in [1.82, 2.24) is 0 Å². The normalized spacial score (nSPS) is 19.9. The van der Waals surface area contributed by atoms with Crippen molar-refractivity contribution in [3.8, 4) is 11.8 Å². The van der Waals surface area contributed by atoms with E-state index in [0.717, 1.165) is 6.42 Å². The first-order valence-electron chi connectivity index (χ1n) is 5.58. The summed E-state index contributed by atoms with van der Waals surface area (Å²) in [4.78, 5) is 0. The van der Waals surface area contributed by atoms with E-state index in [-0.39, 0.29) is 0 Å². The highest BCUT2D eigenvalue weighted by Gasteiger charge is 2.03. The van der Waals surface area contributed by atoms with Gasteiger partial charge in [0.25, 0.3) is 0 Å². The molecule has 0 bridgehead atoms. The molecule has 0 heterocycles. The molecule has 1 aliphatic carbocycles. The van der Waals surface area contributed by atoms with Gasteiger partial charge in [-0.05, 0) is 19.3 Å². The molecule has 0 aromatic carbocycles. The van der Waals surface area contributed by atoms with Crippen LogP contribution in [0.15, 0.2) is 12.2 Å². The van der Waals surface area contributed by atoms with Crippen molar-refractivity contribution in [2.45, 2.75) is 51.9 Å². The third-order valence-corrected chi connectivity index (χ3v) is 2.46. The molecule has 0 N–H and O–H groups in total. The van der Waals surface area contributed by atoms with Crippen molar-refractivity contribution >= 4 is 0 Å². The largest absolute Gasteiger partial charge is 0.103 e. The van der Waals surface area contributed by atoms with Gasteiger partial charge in [0.05, 0.1) is 0 Å². The molecule has 0 aliphatic heterocycles. The number of hydrogen-bond acceptors (Lipinski definition) is 0. The lowest BCUT2D eigenvalue weighted by atomic mass is 10.1. The third-order valence-electron chi connectivity index (χ3n) is 2.46. The van der Waals surface area contributed by atoms with Crippen molar-refractivity contribution in [3.05, 3.63) is 12.2 Å². The van der Waals surface area contributed by atoms with Crippen LogP contribution in [0.4, 0.5) is 0 Å². The van der Waals surface area contributed by atoms with Gasteiger partial charge in [0.2, 0.25) is 0 Å². The van der Waals surface area contributed by atoms with E-state index in [1.54, 1.807) is 0 Å². The molecule has 0 heteroatoms. The van der Waals surface area contributed by atoms with Gasteiger partial charge >= 0.3 is 0 Å². The first kappa shape index (κ1) is 10.4. The van der Waals surface area contributed by atoms with Gasteiger partial charge in [-0.25, -0.2) is 0 Å². The lowest BCUT2D eigenvalue weighted by molar-refractivity contribution is 0.679. The number of unbranched alkanes of at least 4 members (excludes halogenated alkanes) is 4. The van der Waals surface area contributed by atoms with E-state index in [1.807, 2.05) is 0 Å². The van der Waals surface area contributed by atoms with Crippen molar-refractivity contribution < 1.29 is 0 Å². The zero-order valence-electron chi connectivity index (χ0n) is 8.68. The van der Waals surface area contributed by atoms with Crippen molar-refractivity contribution in [3.63, 3.8) is 0 Å². The fraction of sp³-hybridized carbons (Fsp3) is 0.692. The predicted octanol–water partition coefficient (Wildman–Crippen LogP) is 3.93. The molecular weight excluding hydrogens is 156 g/mol. The number of allylic oxidation sites excluding steroid dienone is 2. The van der Waals surface area contributed by atoms with E-state index in [1.165, 1.54) is 38.5 Å². The molecule has 0 saturated carbocycles. The Morgan fingerprint density at radius 3 is 2.92 bits per heavy atom. The molecule has 0 amide bonds. The van der Waals surface area contributed by atoms with Crippen LogP contribution in [0.3, 0.4) is 0 Å². The quantitative estimate of drug-likeness (QED) is 0.346. The van der Waals surface area contributed by atoms with Gasteiger partial charge in [-0.3, -0.25) is 0 Å². The van der Waals surface area contributed by atoms with Gasteiger partial charge in [-0.1, -0.05) is 44.3 Å². The monoisotopic (exact) mass is 176 g/mol. The molecule has 1 aliphatic rings. The highest BCUT2D eigenvalue weighted by molar-refractivity contribution is 5.14. The summed E-state index contributed by atoms with van der Waals surface area (Å²) in [6.07, 6.45) is 13.4. The molecule has 0 saturated heterocycles. The molecule has 0 aromatic heterocycles. The average molecular weight is 176 g/mol. The van der Waals surface area contributed by atoms with Crippen LogP contribution in [-0.4, -0.2) is 0 Å². The Hall–Kier alpha value is -0.700. The molecule has 1 atom stereocenters. The van der Waals surface area contributed by atoms with E-state index in [0.29, 0.717) is 5.92 Å². The lowest BCUT2D eigenvalue weighted by Gasteiger charge is -1.94. The Labute approximate surface area is 82.4 Å². The molecule has 0 radical (unpaired) electrons. The highest BCUT2D eigenvalue weighted by atomic mass is 14.1. The minimum absolute atomic E-state index is 0.575. The summed E-state index contributed by atoms with van der Waals surface area (Å²) < 4.78 is 0. The highest BCUT2D eigenvalue weighted by Crippen LogP contribution is 2.15. The van der Waals surface area contributed by atoms with Gasteiger partial charge in [0.15, 0.2) is 0 Å². The summed E-state index contributed by atoms with van der Waals surface area (Å²) in [6, 6.07) is 0. The Bertz CT molecular complexity index is 202. The zero-order chi connectivity index (χ0) is 9.36. The maximum absolute atomic E-state index is 3.32. The van der Waals surface area contributed by atoms with Gasteiger partial charge in [0.1, 0.15) is 0 Å². The second kappa shape index (κ2) is 6.78. The Kier molecular flexibility index (Phi) is 5.41. The summed E-state index contributed by atoms with van der Waals surface area (Å²) in [5.74, 6) is 7.18. The smallest absolute Gasteiger partial charge is 0.0385 e. The predicted molar refractivity (Wildman–Crippen MR) is 58.4 cm³/mol. The molecule has 13 heavy (non-hydrogen) atoms. The second-order valence-electron chi connectivity index (χ2n) is 3.74. The third kappa shape index (κ3) is 4.78. The SMILES string of the molecule is CCCCCCC#CC1C=CCC1. The standard InChI is InChI=1S/C13H20/c1-2-3-4-5-6-7-10-13-11-8-9-12-13/h8,11,13H,2-6,9,12H2,1H3. The first-order valence-corrected chi connectivity index (χ1v) is 5.58. The summed E-state index contributed by atoms with van der Waals surface area (Å²) in [5.41, 5.74) is 0. The fourth-order valence-electron chi connectivity index (χ4n) is 1.60. The topological polar surface area (TPSA) is 0 Å². The van der Waals surface area contributed by atoms with E-state index in [4.69, 9.17) is 0 Å². The van der Waals surface area contributed by atoms with Crippen LogP contribution in [0.2, 0.25) is 0 Å². The van der Waals surface area contributed by atoms with Crippen molar-refractivity contribution in [2.24, 2.45) is 5.92 Å². The maximum atomic E-state index is 3.32. The lowest BCUT2D eigenvalue weighted by Crippen LogP contribution is -1.84. The summed E-state index contributed by atoms with van der Waals surface area (Å²) in [7, 11) is 0. The van der Waals surface area contributed by atoms with Crippen LogP contribution in [0.5, 0.6) is 0 Å². The van der Waals surface area contributed by atoms with Crippen molar-refractivity contribution in [2.75, 3.05) is 0 Å². The summed E-state index contributed by atoms with van der Waals surface area (Å²) >= 11 is 0. The molecular formula is C13H20.